The van der Waals surface area contributed by atoms with E-state index in [2.05, 4.69) is 0 Å². The fraction of sp³-hybridized carbons (Fsp3) is 0.100. The average Bonchev–Trinajstić information content (AvgIpc) is 2.65. The van der Waals surface area contributed by atoms with Gasteiger partial charge in [0.05, 0.1) is 14.2 Å². The van der Waals surface area contributed by atoms with Crippen molar-refractivity contribution in [3.05, 3.63) is 91.0 Å². The molecule has 3 aromatic rings. The van der Waals surface area contributed by atoms with Crippen molar-refractivity contribution in [1.29, 1.82) is 0 Å². The molecule has 0 N–H and O–H groups in total. The van der Waals surface area contributed by atoms with Crippen molar-refractivity contribution in [2.24, 2.45) is 0 Å². The molecule has 0 aromatic heterocycles. The van der Waals surface area contributed by atoms with Crippen LogP contribution in [0.15, 0.2) is 91.0 Å². The smallest absolute Gasteiger partial charge is 0.259 e. The van der Waals surface area contributed by atoms with Crippen LogP contribution >= 0.6 is 14.7 Å². The normalized spacial score (nSPS) is 13.6. The van der Waals surface area contributed by atoms with Crippen molar-refractivity contribution in [2.75, 3.05) is 6.61 Å². The third-order valence-electron chi connectivity index (χ3n) is 3.65. The van der Waals surface area contributed by atoms with Crippen molar-refractivity contribution in [2.45, 2.75) is 6.92 Å². The highest BCUT2D eigenvalue weighted by molar-refractivity contribution is 8.39. The SMILES string of the molecule is CCOP(=O)(c1ccccc1)P(c1ccccc1)c1ccccc1. The minimum Gasteiger partial charge on any atom is -0.322 e. The second kappa shape index (κ2) is 7.90. The third kappa shape index (κ3) is 3.52. The van der Waals surface area contributed by atoms with Gasteiger partial charge in [0.25, 0.3) is 7.06 Å². The first-order chi connectivity index (χ1) is 11.8. The van der Waals surface area contributed by atoms with Crippen molar-refractivity contribution < 1.29 is 9.09 Å². The number of hydrogen-bond donors (Lipinski definition) is 0. The summed E-state index contributed by atoms with van der Waals surface area (Å²) in [7, 11) is -4.21. The Morgan fingerprint density at radius 2 is 1.17 bits per heavy atom. The maximum absolute atomic E-state index is 14.1. The van der Waals surface area contributed by atoms with Crippen molar-refractivity contribution in [3.8, 4) is 0 Å². The van der Waals surface area contributed by atoms with Crippen LogP contribution in [0.1, 0.15) is 6.92 Å². The lowest BCUT2D eigenvalue weighted by Gasteiger charge is -2.28. The Hall–Kier alpha value is -1.72. The molecular formula is C20H20O2P2. The van der Waals surface area contributed by atoms with E-state index in [1.807, 2.05) is 97.9 Å². The van der Waals surface area contributed by atoms with Gasteiger partial charge in [0.15, 0.2) is 0 Å². The van der Waals surface area contributed by atoms with Crippen LogP contribution in [0.25, 0.3) is 0 Å². The van der Waals surface area contributed by atoms with Gasteiger partial charge in [0.2, 0.25) is 0 Å². The topological polar surface area (TPSA) is 26.3 Å². The van der Waals surface area contributed by atoms with Crippen LogP contribution in [0.4, 0.5) is 0 Å². The number of hydrogen-bond acceptors (Lipinski definition) is 2. The van der Waals surface area contributed by atoms with Gasteiger partial charge in [-0.15, -0.1) is 0 Å². The average molecular weight is 354 g/mol. The van der Waals surface area contributed by atoms with E-state index in [1.165, 1.54) is 0 Å². The highest BCUT2D eigenvalue weighted by Crippen LogP contribution is 2.73. The van der Waals surface area contributed by atoms with E-state index in [0.717, 1.165) is 15.9 Å². The molecule has 122 valence electrons. The lowest BCUT2D eigenvalue weighted by atomic mass is 10.4. The van der Waals surface area contributed by atoms with E-state index in [1.54, 1.807) is 0 Å². The Bertz CT molecular complexity index is 765. The monoisotopic (exact) mass is 354 g/mol. The summed E-state index contributed by atoms with van der Waals surface area (Å²) in [5.74, 6) is 0. The predicted octanol–water partition coefficient (Wildman–Crippen LogP) is 4.67. The predicted molar refractivity (Wildman–Crippen MR) is 104 cm³/mol. The lowest BCUT2D eigenvalue weighted by molar-refractivity contribution is 0.352. The molecule has 3 aromatic carbocycles. The van der Waals surface area contributed by atoms with Gasteiger partial charge in [-0.25, -0.2) is 0 Å². The Morgan fingerprint density at radius 1 is 0.750 bits per heavy atom. The minimum atomic E-state index is -3.06. The summed E-state index contributed by atoms with van der Waals surface area (Å²) in [6, 6.07) is 29.7. The van der Waals surface area contributed by atoms with Gasteiger partial charge in [0, 0.05) is 5.30 Å². The third-order valence-corrected chi connectivity index (χ3v) is 11.3. The van der Waals surface area contributed by atoms with Crippen molar-refractivity contribution >= 4 is 30.6 Å². The number of benzene rings is 3. The molecule has 1 unspecified atom stereocenters. The first kappa shape index (κ1) is 17.1. The van der Waals surface area contributed by atoms with Crippen LogP contribution < -0.4 is 15.9 Å². The van der Waals surface area contributed by atoms with Gasteiger partial charge in [-0.05, 0) is 29.7 Å². The summed E-state index contributed by atoms with van der Waals surface area (Å²) in [5, 5.41) is 2.92. The molecule has 2 nitrogen and oxygen atoms in total. The Kier molecular flexibility index (Phi) is 5.63. The molecule has 3 rings (SSSR count). The summed E-state index contributed by atoms with van der Waals surface area (Å²) in [4.78, 5) is 0. The van der Waals surface area contributed by atoms with Crippen LogP contribution in [-0.4, -0.2) is 6.61 Å². The highest BCUT2D eigenvalue weighted by Gasteiger charge is 2.38. The fourth-order valence-electron chi connectivity index (χ4n) is 2.63. The summed E-state index contributed by atoms with van der Waals surface area (Å²) < 4.78 is 20.1. The largest absolute Gasteiger partial charge is 0.322 e. The molecule has 0 aliphatic heterocycles. The molecule has 0 aliphatic carbocycles. The molecule has 0 amide bonds. The molecule has 1 atom stereocenters. The second-order valence-corrected chi connectivity index (χ2v) is 11.5. The zero-order valence-electron chi connectivity index (χ0n) is 13.6. The number of rotatable bonds is 6. The highest BCUT2D eigenvalue weighted by atomic mass is 32.1. The Morgan fingerprint density at radius 3 is 1.58 bits per heavy atom. The summed E-state index contributed by atoms with van der Waals surface area (Å²) in [5.41, 5.74) is 0. The van der Waals surface area contributed by atoms with Crippen LogP contribution in [0, 0.1) is 0 Å². The molecule has 0 heterocycles. The molecule has 0 saturated carbocycles. The van der Waals surface area contributed by atoms with Gasteiger partial charge in [-0.3, -0.25) is 4.57 Å². The summed E-state index contributed by atoms with van der Waals surface area (Å²) in [6.45, 7) is 2.32. The van der Waals surface area contributed by atoms with Crippen molar-refractivity contribution in [3.63, 3.8) is 0 Å². The van der Waals surface area contributed by atoms with Crippen LogP contribution in [0.2, 0.25) is 0 Å². The molecule has 0 saturated heterocycles. The fourth-order valence-corrected chi connectivity index (χ4v) is 10.3. The first-order valence-corrected chi connectivity index (χ1v) is 11.6. The second-order valence-electron chi connectivity index (χ2n) is 5.26. The lowest BCUT2D eigenvalue weighted by Crippen LogP contribution is -2.18. The van der Waals surface area contributed by atoms with E-state index in [-0.39, 0.29) is 0 Å². The molecule has 4 heteroatoms. The molecule has 24 heavy (non-hydrogen) atoms. The van der Waals surface area contributed by atoms with Gasteiger partial charge in [0.1, 0.15) is 0 Å². The summed E-state index contributed by atoms with van der Waals surface area (Å²) in [6.07, 6.45) is 0. The molecule has 0 fully saturated rings. The van der Waals surface area contributed by atoms with Crippen LogP contribution in [0.5, 0.6) is 0 Å². The minimum absolute atomic E-state index is 0.421. The van der Waals surface area contributed by atoms with Gasteiger partial charge in [-0.2, -0.15) is 0 Å². The van der Waals surface area contributed by atoms with E-state index >= 15 is 0 Å². The first-order valence-electron chi connectivity index (χ1n) is 7.96. The molecule has 0 radical (unpaired) electrons. The zero-order valence-corrected chi connectivity index (χ0v) is 15.4. The van der Waals surface area contributed by atoms with E-state index < -0.39 is 14.7 Å². The Labute approximate surface area is 144 Å². The van der Waals surface area contributed by atoms with Crippen LogP contribution in [-0.2, 0) is 9.09 Å². The maximum Gasteiger partial charge on any atom is 0.259 e. The standard InChI is InChI=1S/C20H20O2P2/c1-2-22-24(21,20-16-10-5-11-17-20)23(18-12-6-3-7-13-18)19-14-8-4-9-15-19/h3-17H,2H2,1H3. The molecule has 0 aliphatic rings. The van der Waals surface area contributed by atoms with E-state index in [9.17, 15) is 4.57 Å². The molecule has 0 spiro atoms. The zero-order chi connectivity index (χ0) is 16.8. The van der Waals surface area contributed by atoms with E-state index in [4.69, 9.17) is 4.52 Å². The van der Waals surface area contributed by atoms with E-state index in [0.29, 0.717) is 6.61 Å². The molecular weight excluding hydrogens is 334 g/mol. The van der Waals surface area contributed by atoms with Gasteiger partial charge < -0.3 is 4.52 Å². The maximum atomic E-state index is 14.1. The quantitative estimate of drug-likeness (QED) is 0.601. The van der Waals surface area contributed by atoms with Crippen molar-refractivity contribution in [1.82, 2.24) is 0 Å². The van der Waals surface area contributed by atoms with Crippen LogP contribution in [0.3, 0.4) is 0 Å². The van der Waals surface area contributed by atoms with Gasteiger partial charge >= 0.3 is 0 Å². The summed E-state index contributed by atoms with van der Waals surface area (Å²) >= 11 is 0. The van der Waals surface area contributed by atoms with Gasteiger partial charge in [-0.1, -0.05) is 78.9 Å². The Balaban J connectivity index is 2.21. The molecule has 0 bridgehead atoms.